The van der Waals surface area contributed by atoms with Crippen molar-refractivity contribution in [2.75, 3.05) is 0 Å². The van der Waals surface area contributed by atoms with Gasteiger partial charge in [-0.3, -0.25) is 4.79 Å². The number of ether oxygens (including phenoxy) is 1. The first-order valence-corrected chi connectivity index (χ1v) is 7.08. The number of carbonyl (C=O) groups excluding carboxylic acids is 1. The Labute approximate surface area is 129 Å². The first kappa shape index (κ1) is 15.7. The number of nitrogens with zero attached hydrogens (tertiary/aromatic N) is 1. The van der Waals surface area contributed by atoms with Crippen LogP contribution >= 0.6 is 11.6 Å². The molecule has 1 aromatic heterocycles. The van der Waals surface area contributed by atoms with Crippen molar-refractivity contribution in [3.63, 3.8) is 0 Å². The van der Waals surface area contributed by atoms with Gasteiger partial charge in [0.1, 0.15) is 11.8 Å². The zero-order valence-corrected chi connectivity index (χ0v) is 13.3. The summed E-state index contributed by atoms with van der Waals surface area (Å²) in [6.45, 7) is 7.65. The highest BCUT2D eigenvalue weighted by Crippen LogP contribution is 2.34. The summed E-state index contributed by atoms with van der Waals surface area (Å²) in [6.07, 6.45) is 0.349. The molecule has 2 rings (SSSR count). The van der Waals surface area contributed by atoms with Crippen LogP contribution in [0.4, 0.5) is 0 Å². The lowest BCUT2D eigenvalue weighted by molar-refractivity contribution is -0.0632. The number of aromatic nitrogens is 1. The predicted molar refractivity (Wildman–Crippen MR) is 81.6 cm³/mol. The van der Waals surface area contributed by atoms with Crippen molar-refractivity contribution in [1.29, 1.82) is 0 Å². The second kappa shape index (κ2) is 6.00. The topological polar surface area (TPSA) is 52.3 Å². The number of hydrogen-bond acceptors (Lipinski definition) is 4. The summed E-state index contributed by atoms with van der Waals surface area (Å²) in [7, 11) is 0. The summed E-state index contributed by atoms with van der Waals surface area (Å²) < 4.78 is 11.2. The fourth-order valence-corrected chi connectivity index (χ4v) is 2.37. The van der Waals surface area contributed by atoms with E-state index in [9.17, 15) is 4.79 Å². The van der Waals surface area contributed by atoms with Gasteiger partial charge in [-0.05, 0) is 33.8 Å². The van der Waals surface area contributed by atoms with Crippen molar-refractivity contribution in [2.24, 2.45) is 0 Å². The van der Waals surface area contributed by atoms with Crippen molar-refractivity contribution < 1.29 is 14.1 Å². The van der Waals surface area contributed by atoms with Gasteiger partial charge in [0.05, 0.1) is 16.2 Å². The summed E-state index contributed by atoms with van der Waals surface area (Å²) >= 11 is 6.15. The highest BCUT2D eigenvalue weighted by atomic mass is 35.5. The average molecular weight is 308 g/mol. The monoisotopic (exact) mass is 307 g/mol. The molecule has 1 atom stereocenters. The molecule has 0 aliphatic rings. The van der Waals surface area contributed by atoms with E-state index in [0.29, 0.717) is 27.6 Å². The minimum absolute atomic E-state index is 0.350. The summed E-state index contributed by atoms with van der Waals surface area (Å²) in [4.78, 5) is 11.5. The van der Waals surface area contributed by atoms with Crippen LogP contribution in [0.25, 0.3) is 11.3 Å². The van der Waals surface area contributed by atoms with E-state index in [4.69, 9.17) is 20.9 Å². The maximum Gasteiger partial charge on any atom is 0.176 e. The second-order valence-electron chi connectivity index (χ2n) is 5.78. The molecule has 21 heavy (non-hydrogen) atoms. The van der Waals surface area contributed by atoms with Gasteiger partial charge < -0.3 is 9.26 Å². The molecule has 1 heterocycles. The Morgan fingerprint density at radius 3 is 2.57 bits per heavy atom. The van der Waals surface area contributed by atoms with Crippen molar-refractivity contribution in [1.82, 2.24) is 5.16 Å². The Bertz CT molecular complexity index is 643. The molecule has 0 bridgehead atoms. The van der Waals surface area contributed by atoms with E-state index in [1.54, 1.807) is 12.1 Å². The Morgan fingerprint density at radius 1 is 1.33 bits per heavy atom. The lowest BCUT2D eigenvalue weighted by atomic mass is 10.0. The fourth-order valence-electron chi connectivity index (χ4n) is 2.15. The Balaban J connectivity index is 2.44. The summed E-state index contributed by atoms with van der Waals surface area (Å²) in [6, 6.07) is 7.19. The third-order valence-corrected chi connectivity index (χ3v) is 3.23. The van der Waals surface area contributed by atoms with Gasteiger partial charge in [-0.1, -0.05) is 35.0 Å². The van der Waals surface area contributed by atoms with E-state index in [1.165, 1.54) is 0 Å². The minimum atomic E-state index is -0.381. The highest BCUT2D eigenvalue weighted by Gasteiger charge is 2.26. The molecule has 4 nitrogen and oxygen atoms in total. The van der Waals surface area contributed by atoms with Crippen LogP contribution in [0.3, 0.4) is 0 Å². The fraction of sp³-hybridized carbons (Fsp3) is 0.375. The van der Waals surface area contributed by atoms with Gasteiger partial charge in [-0.15, -0.1) is 0 Å². The van der Waals surface area contributed by atoms with Crippen molar-refractivity contribution in [3.8, 4) is 11.3 Å². The lowest BCUT2D eigenvalue weighted by Crippen LogP contribution is -2.21. The third kappa shape index (κ3) is 3.52. The zero-order chi connectivity index (χ0) is 15.6. The van der Waals surface area contributed by atoms with Crippen molar-refractivity contribution in [2.45, 2.75) is 39.4 Å². The molecule has 112 valence electrons. The van der Waals surface area contributed by atoms with E-state index < -0.39 is 0 Å². The largest absolute Gasteiger partial charge is 0.365 e. The molecule has 0 saturated carbocycles. The number of rotatable bonds is 4. The predicted octanol–water partition coefficient (Wildman–Crippen LogP) is 4.68. The van der Waals surface area contributed by atoms with Crippen molar-refractivity contribution >= 4 is 17.9 Å². The normalized spacial score (nSPS) is 13.2. The van der Waals surface area contributed by atoms with E-state index in [1.807, 2.05) is 39.8 Å². The molecule has 0 amide bonds. The molecule has 0 saturated heterocycles. The molecule has 1 aromatic carbocycles. The van der Waals surface area contributed by atoms with Crippen LogP contribution < -0.4 is 0 Å². The van der Waals surface area contributed by atoms with Gasteiger partial charge in [0.2, 0.25) is 0 Å². The zero-order valence-electron chi connectivity index (χ0n) is 12.5. The summed E-state index contributed by atoms with van der Waals surface area (Å²) in [5.41, 5.74) is 1.13. The quantitative estimate of drug-likeness (QED) is 0.769. The molecule has 0 aliphatic carbocycles. The minimum Gasteiger partial charge on any atom is -0.365 e. The second-order valence-corrected chi connectivity index (χ2v) is 6.19. The Kier molecular flexibility index (Phi) is 4.49. The summed E-state index contributed by atoms with van der Waals surface area (Å²) in [5.74, 6) is 0.412. The van der Waals surface area contributed by atoms with E-state index in [-0.39, 0.29) is 11.7 Å². The van der Waals surface area contributed by atoms with Gasteiger partial charge in [0.15, 0.2) is 12.0 Å². The van der Waals surface area contributed by atoms with Crippen LogP contribution in [0.1, 0.15) is 49.9 Å². The molecule has 0 fully saturated rings. The van der Waals surface area contributed by atoms with Gasteiger partial charge in [0.25, 0.3) is 0 Å². The maximum atomic E-state index is 11.5. The van der Waals surface area contributed by atoms with Crippen LogP contribution in [-0.2, 0) is 4.74 Å². The summed E-state index contributed by atoms with van der Waals surface area (Å²) in [5, 5.41) is 4.52. The lowest BCUT2D eigenvalue weighted by Gasteiger charge is -2.23. The standard InChI is InChI=1S/C16H18ClNO3/c1-10(20-16(2,3)4)15-12(9-19)14(18-21-15)11-7-5-6-8-13(11)17/h5-10H,1-4H3. The van der Waals surface area contributed by atoms with Crippen molar-refractivity contribution in [3.05, 3.63) is 40.6 Å². The molecule has 0 radical (unpaired) electrons. The van der Waals surface area contributed by atoms with Crippen LogP contribution in [0.2, 0.25) is 5.02 Å². The maximum absolute atomic E-state index is 11.5. The first-order valence-electron chi connectivity index (χ1n) is 6.71. The Hall–Kier alpha value is -1.65. The van der Waals surface area contributed by atoms with Crippen LogP contribution in [0, 0.1) is 0 Å². The number of carbonyl (C=O) groups is 1. The molecule has 0 spiro atoms. The number of hydrogen-bond donors (Lipinski definition) is 0. The van der Waals surface area contributed by atoms with Gasteiger partial charge >= 0.3 is 0 Å². The highest BCUT2D eigenvalue weighted by molar-refractivity contribution is 6.33. The SMILES string of the molecule is CC(OC(C)(C)C)c1onc(-c2ccccc2Cl)c1C=O. The number of aldehydes is 1. The third-order valence-electron chi connectivity index (χ3n) is 2.90. The van der Waals surface area contributed by atoms with Gasteiger partial charge in [-0.2, -0.15) is 0 Å². The van der Waals surface area contributed by atoms with E-state index in [0.717, 1.165) is 6.29 Å². The molecule has 2 aromatic rings. The first-order chi connectivity index (χ1) is 9.83. The molecule has 5 heteroatoms. The molecule has 0 N–H and O–H groups in total. The van der Waals surface area contributed by atoms with Crippen LogP contribution in [0.15, 0.2) is 28.8 Å². The van der Waals surface area contributed by atoms with Gasteiger partial charge in [-0.25, -0.2) is 0 Å². The van der Waals surface area contributed by atoms with E-state index in [2.05, 4.69) is 5.16 Å². The van der Waals surface area contributed by atoms with E-state index >= 15 is 0 Å². The molecular weight excluding hydrogens is 290 g/mol. The van der Waals surface area contributed by atoms with Crippen LogP contribution in [-0.4, -0.2) is 17.0 Å². The average Bonchev–Trinajstić information content (AvgIpc) is 2.80. The smallest absolute Gasteiger partial charge is 0.176 e. The van der Waals surface area contributed by atoms with Gasteiger partial charge in [0, 0.05) is 5.56 Å². The molecular formula is C16H18ClNO3. The Morgan fingerprint density at radius 2 is 2.00 bits per heavy atom. The molecule has 0 aliphatic heterocycles. The molecule has 1 unspecified atom stereocenters. The number of halogens is 1. The van der Waals surface area contributed by atoms with Crippen LogP contribution in [0.5, 0.6) is 0 Å². The number of benzene rings is 1.